The summed E-state index contributed by atoms with van der Waals surface area (Å²) < 4.78 is 2.26. The fourth-order valence-corrected chi connectivity index (χ4v) is 3.69. The summed E-state index contributed by atoms with van der Waals surface area (Å²) in [6.07, 6.45) is 3.23. The minimum absolute atomic E-state index is 0.0464. The molecule has 4 aromatic rings. The Labute approximate surface area is 194 Å². The van der Waals surface area contributed by atoms with Gasteiger partial charge in [-0.3, -0.25) is 19.5 Å². The maximum absolute atomic E-state index is 13.4. The molecule has 0 unspecified atom stereocenters. The van der Waals surface area contributed by atoms with Crippen LogP contribution in [0.3, 0.4) is 0 Å². The number of carboxylic acids is 1. The first-order valence-corrected chi connectivity index (χ1v) is 10.4. The largest absolute Gasteiger partial charge is 0.478 e. The molecule has 0 saturated carbocycles. The third kappa shape index (κ3) is 4.28. The van der Waals surface area contributed by atoms with Gasteiger partial charge in [-0.05, 0) is 76.7 Å². The standard InChI is InChI=1S/C23H14IN3O5/c24-16-7-10-20-19(13-16)22(28)26(17-8-5-15(6-9-17)23(29)30)21(25-20)11-4-14-2-1-3-18(12-14)27(31)32/h1-13H,(H,29,30)/b11-4+. The van der Waals surface area contributed by atoms with Crippen LogP contribution in [0, 0.1) is 13.7 Å². The van der Waals surface area contributed by atoms with Gasteiger partial charge in [-0.15, -0.1) is 0 Å². The van der Waals surface area contributed by atoms with E-state index in [9.17, 15) is 19.7 Å². The number of aromatic nitrogens is 2. The first-order chi connectivity index (χ1) is 15.3. The summed E-state index contributed by atoms with van der Waals surface area (Å²) in [6.45, 7) is 0. The Hall–Kier alpha value is -3.86. The van der Waals surface area contributed by atoms with Gasteiger partial charge < -0.3 is 5.11 Å². The molecule has 0 saturated heterocycles. The molecule has 8 nitrogen and oxygen atoms in total. The Kier molecular flexibility index (Phi) is 5.82. The lowest BCUT2D eigenvalue weighted by Gasteiger charge is -2.12. The maximum atomic E-state index is 13.4. The van der Waals surface area contributed by atoms with Crippen molar-refractivity contribution in [2.75, 3.05) is 0 Å². The van der Waals surface area contributed by atoms with Gasteiger partial charge in [0.2, 0.25) is 0 Å². The summed E-state index contributed by atoms with van der Waals surface area (Å²) in [7, 11) is 0. The fourth-order valence-electron chi connectivity index (χ4n) is 3.20. The lowest BCUT2D eigenvalue weighted by Crippen LogP contribution is -2.22. The van der Waals surface area contributed by atoms with Gasteiger partial charge in [-0.1, -0.05) is 18.2 Å². The van der Waals surface area contributed by atoms with E-state index in [1.807, 2.05) is 6.07 Å². The van der Waals surface area contributed by atoms with E-state index in [-0.39, 0.29) is 16.8 Å². The van der Waals surface area contributed by atoms with Gasteiger partial charge in [0.05, 0.1) is 27.1 Å². The van der Waals surface area contributed by atoms with Crippen LogP contribution in [0.4, 0.5) is 5.69 Å². The summed E-state index contributed by atoms with van der Waals surface area (Å²) in [6, 6.07) is 17.3. The Balaban J connectivity index is 1.90. The van der Waals surface area contributed by atoms with Gasteiger partial charge in [-0.25, -0.2) is 9.78 Å². The summed E-state index contributed by atoms with van der Waals surface area (Å²) in [5.41, 5.74) is 1.27. The Morgan fingerprint density at radius 3 is 2.50 bits per heavy atom. The highest BCUT2D eigenvalue weighted by Gasteiger charge is 2.13. The number of carboxylic acid groups (broad SMARTS) is 1. The van der Waals surface area contributed by atoms with E-state index in [1.54, 1.807) is 36.4 Å². The molecule has 1 aromatic heterocycles. The molecule has 1 N–H and O–H groups in total. The first kappa shape index (κ1) is 21.4. The molecule has 0 spiro atoms. The molecule has 0 radical (unpaired) electrons. The second-order valence-corrected chi connectivity index (χ2v) is 8.06. The molecule has 0 fully saturated rings. The maximum Gasteiger partial charge on any atom is 0.335 e. The minimum Gasteiger partial charge on any atom is -0.478 e. The summed E-state index contributed by atoms with van der Waals surface area (Å²) >= 11 is 2.11. The topological polar surface area (TPSA) is 115 Å². The van der Waals surface area contributed by atoms with Crippen molar-refractivity contribution < 1.29 is 14.8 Å². The number of carbonyl (C=O) groups is 1. The minimum atomic E-state index is -1.07. The number of nitro groups is 1. The smallest absolute Gasteiger partial charge is 0.335 e. The molecule has 0 aliphatic heterocycles. The Morgan fingerprint density at radius 2 is 1.81 bits per heavy atom. The molecule has 0 aliphatic carbocycles. The van der Waals surface area contributed by atoms with Crippen molar-refractivity contribution in [2.24, 2.45) is 0 Å². The van der Waals surface area contributed by atoms with Gasteiger partial charge in [-0.2, -0.15) is 0 Å². The molecule has 4 rings (SSSR count). The highest BCUT2D eigenvalue weighted by Crippen LogP contribution is 2.19. The number of halogens is 1. The molecule has 9 heteroatoms. The molecule has 1 heterocycles. The zero-order valence-corrected chi connectivity index (χ0v) is 18.5. The first-order valence-electron chi connectivity index (χ1n) is 9.32. The van der Waals surface area contributed by atoms with Crippen LogP contribution < -0.4 is 5.56 Å². The lowest BCUT2D eigenvalue weighted by molar-refractivity contribution is -0.384. The number of aromatic carboxylic acids is 1. The SMILES string of the molecule is O=C(O)c1ccc(-n2c(/C=C/c3cccc([N+](=O)[O-])c3)nc3ccc(I)cc3c2=O)cc1. The second kappa shape index (κ2) is 8.71. The van der Waals surface area contributed by atoms with E-state index in [4.69, 9.17) is 5.11 Å². The van der Waals surface area contributed by atoms with Crippen molar-refractivity contribution in [1.29, 1.82) is 0 Å². The predicted molar refractivity (Wildman–Crippen MR) is 129 cm³/mol. The van der Waals surface area contributed by atoms with E-state index in [0.717, 1.165) is 3.57 Å². The van der Waals surface area contributed by atoms with E-state index in [0.29, 0.717) is 28.0 Å². The molecule has 3 aromatic carbocycles. The highest BCUT2D eigenvalue weighted by atomic mass is 127. The van der Waals surface area contributed by atoms with Crippen molar-refractivity contribution >= 4 is 57.3 Å². The molecule has 0 aliphatic rings. The molecule has 0 atom stereocenters. The molecule has 0 bridgehead atoms. The third-order valence-electron chi connectivity index (χ3n) is 4.73. The number of fused-ring (bicyclic) bond motifs is 1. The Morgan fingerprint density at radius 1 is 1.06 bits per heavy atom. The van der Waals surface area contributed by atoms with Crippen molar-refractivity contribution in [3.8, 4) is 5.69 Å². The van der Waals surface area contributed by atoms with Crippen LogP contribution in [-0.2, 0) is 0 Å². The van der Waals surface area contributed by atoms with Crippen LogP contribution in [0.15, 0.2) is 71.5 Å². The predicted octanol–water partition coefficient (Wildman–Crippen LogP) is 4.77. The third-order valence-corrected chi connectivity index (χ3v) is 5.41. The monoisotopic (exact) mass is 539 g/mol. The zero-order valence-electron chi connectivity index (χ0n) is 16.3. The molecule has 158 valence electrons. The van der Waals surface area contributed by atoms with Crippen molar-refractivity contribution in [3.63, 3.8) is 0 Å². The number of nitrogens with zero attached hydrogens (tertiary/aromatic N) is 3. The van der Waals surface area contributed by atoms with Crippen molar-refractivity contribution in [1.82, 2.24) is 9.55 Å². The zero-order chi connectivity index (χ0) is 22.8. The Bertz CT molecular complexity index is 1460. The van der Waals surface area contributed by atoms with Crippen LogP contribution in [0.2, 0.25) is 0 Å². The summed E-state index contributed by atoms with van der Waals surface area (Å²) in [5, 5.41) is 20.6. The van der Waals surface area contributed by atoms with Gasteiger partial charge in [0.15, 0.2) is 0 Å². The average Bonchev–Trinajstić information content (AvgIpc) is 2.78. The van der Waals surface area contributed by atoms with Gasteiger partial charge in [0.25, 0.3) is 11.2 Å². The second-order valence-electron chi connectivity index (χ2n) is 6.81. The number of benzene rings is 3. The molecule has 0 amide bonds. The number of nitro benzene ring substituents is 1. The molecular weight excluding hydrogens is 525 g/mol. The average molecular weight is 539 g/mol. The van der Waals surface area contributed by atoms with E-state index in [1.165, 1.54) is 41.0 Å². The van der Waals surface area contributed by atoms with Crippen LogP contribution in [0.1, 0.15) is 21.7 Å². The highest BCUT2D eigenvalue weighted by molar-refractivity contribution is 14.1. The number of rotatable bonds is 5. The lowest BCUT2D eigenvalue weighted by atomic mass is 10.1. The number of non-ortho nitro benzene ring substituents is 1. The summed E-state index contributed by atoms with van der Waals surface area (Å²) in [4.78, 5) is 39.7. The van der Waals surface area contributed by atoms with Crippen molar-refractivity contribution in [3.05, 3.63) is 108 Å². The van der Waals surface area contributed by atoms with Crippen LogP contribution in [0.5, 0.6) is 0 Å². The van der Waals surface area contributed by atoms with Crippen LogP contribution in [0.25, 0.3) is 28.7 Å². The molecule has 32 heavy (non-hydrogen) atoms. The van der Waals surface area contributed by atoms with Gasteiger partial charge in [0.1, 0.15) is 5.82 Å². The van der Waals surface area contributed by atoms with E-state index >= 15 is 0 Å². The van der Waals surface area contributed by atoms with E-state index < -0.39 is 10.9 Å². The number of hydrogen-bond donors (Lipinski definition) is 1. The van der Waals surface area contributed by atoms with E-state index in [2.05, 4.69) is 27.6 Å². The fraction of sp³-hybridized carbons (Fsp3) is 0. The summed E-state index contributed by atoms with van der Waals surface area (Å²) in [5.74, 6) is -0.765. The van der Waals surface area contributed by atoms with Gasteiger partial charge >= 0.3 is 5.97 Å². The molecular formula is C23H14IN3O5. The van der Waals surface area contributed by atoms with Gasteiger partial charge in [0, 0.05) is 15.7 Å². The van der Waals surface area contributed by atoms with Crippen LogP contribution >= 0.6 is 22.6 Å². The van der Waals surface area contributed by atoms with Crippen LogP contribution in [-0.4, -0.2) is 25.6 Å². The normalized spacial score (nSPS) is 11.2. The van der Waals surface area contributed by atoms with Crippen molar-refractivity contribution in [2.45, 2.75) is 0 Å². The number of hydrogen-bond acceptors (Lipinski definition) is 5. The quantitative estimate of drug-likeness (QED) is 0.222.